The molecule has 0 atom stereocenters. The predicted octanol–water partition coefficient (Wildman–Crippen LogP) is 3.35. The molecule has 0 aromatic heterocycles. The second kappa shape index (κ2) is 5.77. The third-order valence-corrected chi connectivity index (χ3v) is 2.52. The van der Waals surface area contributed by atoms with Crippen LogP contribution in [-0.4, -0.2) is 18.2 Å². The zero-order valence-corrected chi connectivity index (χ0v) is 10.3. The molecule has 5 heteroatoms. The number of ether oxygens (including phenoxy) is 1. The third kappa shape index (κ3) is 3.38. The van der Waals surface area contributed by atoms with Crippen LogP contribution in [0.15, 0.2) is 53.5 Å². The lowest BCUT2D eigenvalue weighted by atomic mass is 10.2. The highest BCUT2D eigenvalue weighted by Gasteiger charge is 2.02. The van der Waals surface area contributed by atoms with Crippen LogP contribution in [0.4, 0.5) is 11.4 Å². The molecule has 0 bridgehead atoms. The molecule has 2 rings (SSSR count). The van der Waals surface area contributed by atoms with Gasteiger partial charge < -0.3 is 4.74 Å². The van der Waals surface area contributed by atoms with Crippen molar-refractivity contribution < 1.29 is 9.66 Å². The van der Waals surface area contributed by atoms with E-state index < -0.39 is 4.92 Å². The normalized spacial score (nSPS) is 10.6. The summed E-state index contributed by atoms with van der Waals surface area (Å²) in [6, 6.07) is 13.6. The third-order valence-electron chi connectivity index (χ3n) is 2.52. The molecule has 0 heterocycles. The molecule has 19 heavy (non-hydrogen) atoms. The van der Waals surface area contributed by atoms with Crippen molar-refractivity contribution in [2.75, 3.05) is 7.11 Å². The van der Waals surface area contributed by atoms with Gasteiger partial charge in [0.2, 0.25) is 0 Å². The van der Waals surface area contributed by atoms with E-state index in [1.54, 1.807) is 25.5 Å². The molecule has 0 aliphatic heterocycles. The molecule has 0 N–H and O–H groups in total. The Hall–Kier alpha value is -2.69. The number of methoxy groups -OCH3 is 1. The Labute approximate surface area is 110 Å². The van der Waals surface area contributed by atoms with Gasteiger partial charge >= 0.3 is 0 Å². The average molecular weight is 256 g/mol. The molecule has 5 nitrogen and oxygen atoms in total. The van der Waals surface area contributed by atoms with Crippen molar-refractivity contribution in [1.82, 2.24) is 0 Å². The summed E-state index contributed by atoms with van der Waals surface area (Å²) in [5.41, 5.74) is 1.63. The number of nitro groups is 1. The topological polar surface area (TPSA) is 64.7 Å². The molecule has 2 aromatic rings. The average Bonchev–Trinajstić information content (AvgIpc) is 2.46. The minimum Gasteiger partial charge on any atom is -0.497 e. The maximum Gasteiger partial charge on any atom is 0.269 e. The summed E-state index contributed by atoms with van der Waals surface area (Å²) in [5.74, 6) is 0.735. The molecule has 0 aliphatic carbocycles. The van der Waals surface area contributed by atoms with Crippen molar-refractivity contribution in [3.63, 3.8) is 0 Å². The van der Waals surface area contributed by atoms with E-state index in [4.69, 9.17) is 4.74 Å². The van der Waals surface area contributed by atoms with Gasteiger partial charge in [0.05, 0.1) is 17.7 Å². The maximum atomic E-state index is 10.5. The van der Waals surface area contributed by atoms with Crippen LogP contribution in [-0.2, 0) is 0 Å². The largest absolute Gasteiger partial charge is 0.497 e. The Bertz CT molecular complexity index is 606. The Morgan fingerprint density at radius 2 is 1.95 bits per heavy atom. The van der Waals surface area contributed by atoms with E-state index in [0.29, 0.717) is 0 Å². The second-order valence-corrected chi connectivity index (χ2v) is 3.81. The first-order chi connectivity index (χ1) is 9.19. The van der Waals surface area contributed by atoms with Crippen LogP contribution in [0.5, 0.6) is 5.75 Å². The van der Waals surface area contributed by atoms with Crippen LogP contribution < -0.4 is 4.74 Å². The van der Waals surface area contributed by atoms with Crippen LogP contribution in [0.3, 0.4) is 0 Å². The number of nitrogens with zero attached hydrogens (tertiary/aromatic N) is 2. The fourth-order valence-corrected chi connectivity index (χ4v) is 1.52. The highest BCUT2D eigenvalue weighted by atomic mass is 16.6. The first-order valence-electron chi connectivity index (χ1n) is 5.61. The fourth-order valence-electron chi connectivity index (χ4n) is 1.52. The Kier molecular flexibility index (Phi) is 3.87. The lowest BCUT2D eigenvalue weighted by molar-refractivity contribution is -0.384. The Morgan fingerprint density at radius 1 is 1.21 bits per heavy atom. The van der Waals surface area contributed by atoms with Gasteiger partial charge in [-0.05, 0) is 29.8 Å². The van der Waals surface area contributed by atoms with Gasteiger partial charge in [0, 0.05) is 24.4 Å². The SMILES string of the molecule is COc1cccc(N=Cc2ccc([N+](=O)[O-])cc2)c1. The molecule has 0 unspecified atom stereocenters. The second-order valence-electron chi connectivity index (χ2n) is 3.81. The van der Waals surface area contributed by atoms with Gasteiger partial charge in [-0.1, -0.05) is 6.07 Å². The summed E-state index contributed by atoms with van der Waals surface area (Å²) in [6.07, 6.45) is 1.65. The Balaban J connectivity index is 2.15. The highest BCUT2D eigenvalue weighted by Crippen LogP contribution is 2.19. The number of aliphatic imine (C=N–C) groups is 1. The van der Waals surface area contributed by atoms with Gasteiger partial charge in [-0.25, -0.2) is 0 Å². The van der Waals surface area contributed by atoms with Crippen LogP contribution >= 0.6 is 0 Å². The monoisotopic (exact) mass is 256 g/mol. The van der Waals surface area contributed by atoms with E-state index in [1.165, 1.54) is 12.1 Å². The van der Waals surface area contributed by atoms with Crippen molar-refractivity contribution in [3.8, 4) is 5.75 Å². The zero-order valence-electron chi connectivity index (χ0n) is 10.3. The smallest absolute Gasteiger partial charge is 0.269 e. The van der Waals surface area contributed by atoms with Crippen LogP contribution in [0.25, 0.3) is 0 Å². The molecule has 96 valence electrons. The zero-order chi connectivity index (χ0) is 13.7. The minimum atomic E-state index is -0.428. The van der Waals surface area contributed by atoms with Gasteiger partial charge in [-0.2, -0.15) is 0 Å². The first-order valence-corrected chi connectivity index (χ1v) is 5.61. The number of rotatable bonds is 4. The van der Waals surface area contributed by atoms with Crippen LogP contribution in [0, 0.1) is 10.1 Å². The predicted molar refractivity (Wildman–Crippen MR) is 73.3 cm³/mol. The summed E-state index contributed by atoms with van der Waals surface area (Å²) in [7, 11) is 1.60. The summed E-state index contributed by atoms with van der Waals surface area (Å²) in [6.45, 7) is 0. The molecular weight excluding hydrogens is 244 g/mol. The quantitative estimate of drug-likeness (QED) is 0.478. The molecule has 0 radical (unpaired) electrons. The van der Waals surface area contributed by atoms with Crippen LogP contribution in [0.2, 0.25) is 0 Å². The lowest BCUT2D eigenvalue weighted by Crippen LogP contribution is -1.88. The van der Waals surface area contributed by atoms with Gasteiger partial charge in [0.15, 0.2) is 0 Å². The van der Waals surface area contributed by atoms with Gasteiger partial charge in [0.25, 0.3) is 5.69 Å². The molecule has 0 saturated carbocycles. The van der Waals surface area contributed by atoms with E-state index in [1.807, 2.05) is 24.3 Å². The number of benzene rings is 2. The summed E-state index contributed by atoms with van der Waals surface area (Å²) < 4.78 is 5.10. The first kappa shape index (κ1) is 12.8. The summed E-state index contributed by atoms with van der Waals surface area (Å²) in [5, 5.41) is 10.5. The molecule has 0 spiro atoms. The fraction of sp³-hybridized carbons (Fsp3) is 0.0714. The van der Waals surface area contributed by atoms with Crippen molar-refractivity contribution in [1.29, 1.82) is 0 Å². The van der Waals surface area contributed by atoms with Gasteiger partial charge in [0.1, 0.15) is 5.75 Å². The molecular formula is C14H12N2O3. The van der Waals surface area contributed by atoms with E-state index in [2.05, 4.69) is 4.99 Å². The molecule has 2 aromatic carbocycles. The molecule has 0 aliphatic rings. The van der Waals surface area contributed by atoms with Crippen molar-refractivity contribution >= 4 is 17.6 Å². The summed E-state index contributed by atoms with van der Waals surface area (Å²) in [4.78, 5) is 14.4. The maximum absolute atomic E-state index is 10.5. The number of hydrogen-bond acceptors (Lipinski definition) is 4. The molecule has 0 fully saturated rings. The van der Waals surface area contributed by atoms with Crippen LogP contribution in [0.1, 0.15) is 5.56 Å². The van der Waals surface area contributed by atoms with E-state index >= 15 is 0 Å². The van der Waals surface area contributed by atoms with E-state index in [-0.39, 0.29) is 5.69 Å². The minimum absolute atomic E-state index is 0.0681. The lowest BCUT2D eigenvalue weighted by Gasteiger charge is -1.99. The number of hydrogen-bond donors (Lipinski definition) is 0. The molecule has 0 amide bonds. The molecule has 0 saturated heterocycles. The van der Waals surface area contributed by atoms with Crippen molar-refractivity contribution in [2.45, 2.75) is 0 Å². The standard InChI is InChI=1S/C14H12N2O3/c1-19-14-4-2-3-12(9-14)15-10-11-5-7-13(8-6-11)16(17)18/h2-10H,1H3. The Morgan fingerprint density at radius 3 is 2.58 bits per heavy atom. The van der Waals surface area contributed by atoms with Crippen molar-refractivity contribution in [2.24, 2.45) is 4.99 Å². The van der Waals surface area contributed by atoms with Gasteiger partial charge in [-0.15, -0.1) is 0 Å². The van der Waals surface area contributed by atoms with E-state index in [0.717, 1.165) is 17.0 Å². The summed E-state index contributed by atoms with van der Waals surface area (Å²) >= 11 is 0. The number of non-ortho nitro benzene ring substituents is 1. The van der Waals surface area contributed by atoms with E-state index in [9.17, 15) is 10.1 Å². The number of nitro benzene ring substituents is 1. The van der Waals surface area contributed by atoms with Crippen molar-refractivity contribution in [3.05, 3.63) is 64.2 Å². The highest BCUT2D eigenvalue weighted by molar-refractivity contribution is 5.82. The van der Waals surface area contributed by atoms with Gasteiger partial charge in [-0.3, -0.25) is 15.1 Å².